The summed E-state index contributed by atoms with van der Waals surface area (Å²) in [5, 5.41) is 3.42. The number of ether oxygens (including phenoxy) is 1. The minimum atomic E-state index is -0.0114. The Hall–Kier alpha value is -1.82. The third-order valence-corrected chi connectivity index (χ3v) is 6.34. The minimum absolute atomic E-state index is 0.0114. The quantitative estimate of drug-likeness (QED) is 0.845. The first kappa shape index (κ1) is 17.6. The minimum Gasteiger partial charge on any atom is -0.489 e. The van der Waals surface area contributed by atoms with Gasteiger partial charge in [-0.2, -0.15) is 0 Å². The maximum atomic E-state index is 11.8. The van der Waals surface area contributed by atoms with Crippen LogP contribution in [0.3, 0.4) is 0 Å². The molecule has 6 heteroatoms. The SMILES string of the molecule is CNC(=O)c1ccc([C@H]2CCCN2CC2=Cc3cc(Cl)ccc3OC2)s1. The van der Waals surface area contributed by atoms with Crippen molar-refractivity contribution >= 4 is 34.9 Å². The number of likely N-dealkylation sites (tertiary alicyclic amines) is 1. The summed E-state index contributed by atoms with van der Waals surface area (Å²) in [5.74, 6) is 0.882. The number of nitrogens with zero attached hydrogens (tertiary/aromatic N) is 1. The number of benzene rings is 1. The molecule has 1 amide bonds. The van der Waals surface area contributed by atoms with Crippen LogP contribution in [0.4, 0.5) is 0 Å². The molecule has 4 nitrogen and oxygen atoms in total. The van der Waals surface area contributed by atoms with Crippen LogP contribution >= 0.6 is 22.9 Å². The fraction of sp³-hybridized carbons (Fsp3) is 0.350. The highest BCUT2D eigenvalue weighted by atomic mass is 35.5. The third-order valence-electron chi connectivity index (χ3n) is 4.92. The van der Waals surface area contributed by atoms with Gasteiger partial charge in [0.2, 0.25) is 0 Å². The van der Waals surface area contributed by atoms with E-state index in [1.165, 1.54) is 16.9 Å². The van der Waals surface area contributed by atoms with Crippen molar-refractivity contribution in [2.24, 2.45) is 0 Å². The highest BCUT2D eigenvalue weighted by molar-refractivity contribution is 7.14. The number of thiophene rings is 1. The van der Waals surface area contributed by atoms with E-state index in [4.69, 9.17) is 16.3 Å². The van der Waals surface area contributed by atoms with Crippen LogP contribution in [0.15, 0.2) is 35.9 Å². The summed E-state index contributed by atoms with van der Waals surface area (Å²) in [7, 11) is 1.67. The van der Waals surface area contributed by atoms with Gasteiger partial charge in [-0.05, 0) is 61.4 Å². The van der Waals surface area contributed by atoms with E-state index < -0.39 is 0 Å². The van der Waals surface area contributed by atoms with Crippen molar-refractivity contribution in [3.05, 3.63) is 56.2 Å². The van der Waals surface area contributed by atoms with Crippen LogP contribution in [-0.2, 0) is 0 Å². The molecule has 0 spiro atoms. The molecule has 1 saturated heterocycles. The van der Waals surface area contributed by atoms with Gasteiger partial charge in [0.1, 0.15) is 12.4 Å². The molecule has 0 bridgehead atoms. The van der Waals surface area contributed by atoms with Crippen LogP contribution in [0.1, 0.15) is 39.0 Å². The summed E-state index contributed by atoms with van der Waals surface area (Å²) >= 11 is 7.71. The first-order chi connectivity index (χ1) is 12.6. The van der Waals surface area contributed by atoms with Gasteiger partial charge in [-0.3, -0.25) is 9.69 Å². The molecular formula is C20H21ClN2O2S. The number of carbonyl (C=O) groups excluding carboxylic acids is 1. The van der Waals surface area contributed by atoms with Crippen LogP contribution in [0.2, 0.25) is 5.02 Å². The smallest absolute Gasteiger partial charge is 0.261 e. The summed E-state index contributed by atoms with van der Waals surface area (Å²) in [5.41, 5.74) is 2.31. The van der Waals surface area contributed by atoms with E-state index in [2.05, 4.69) is 22.4 Å². The molecule has 2 aliphatic heterocycles. The van der Waals surface area contributed by atoms with Crippen LogP contribution in [0.5, 0.6) is 5.75 Å². The van der Waals surface area contributed by atoms with E-state index in [1.807, 2.05) is 24.3 Å². The number of amides is 1. The van der Waals surface area contributed by atoms with Crippen molar-refractivity contribution in [3.8, 4) is 5.75 Å². The van der Waals surface area contributed by atoms with Crippen molar-refractivity contribution in [3.63, 3.8) is 0 Å². The Labute approximate surface area is 162 Å². The predicted octanol–water partition coefficient (Wildman–Crippen LogP) is 4.37. The van der Waals surface area contributed by atoms with Crippen molar-refractivity contribution in [1.29, 1.82) is 0 Å². The molecule has 1 aromatic heterocycles. The normalized spacial score (nSPS) is 19.6. The molecule has 26 heavy (non-hydrogen) atoms. The van der Waals surface area contributed by atoms with E-state index in [-0.39, 0.29) is 5.91 Å². The van der Waals surface area contributed by atoms with Crippen molar-refractivity contribution < 1.29 is 9.53 Å². The lowest BCUT2D eigenvalue weighted by atomic mass is 10.1. The Morgan fingerprint density at radius 3 is 3.12 bits per heavy atom. The first-order valence-electron chi connectivity index (χ1n) is 8.81. The number of fused-ring (bicyclic) bond motifs is 1. The van der Waals surface area contributed by atoms with Crippen LogP contribution < -0.4 is 10.1 Å². The number of nitrogens with one attached hydrogen (secondary N) is 1. The van der Waals surface area contributed by atoms with Gasteiger partial charge in [0.05, 0.1) is 4.88 Å². The number of halogens is 1. The summed E-state index contributed by atoms with van der Waals surface area (Å²) < 4.78 is 5.89. The third kappa shape index (κ3) is 3.52. The standard InChI is InChI=1S/C20H21ClN2O2S/c1-22-20(24)19-7-6-18(26-19)16-3-2-8-23(16)11-13-9-14-10-15(21)4-5-17(14)25-12-13/h4-7,9-10,16H,2-3,8,11-12H2,1H3,(H,22,24)/t16-/m1/s1. The van der Waals surface area contributed by atoms with Gasteiger partial charge in [0, 0.05) is 35.1 Å². The second kappa shape index (κ2) is 7.43. The van der Waals surface area contributed by atoms with E-state index in [1.54, 1.807) is 18.4 Å². The Morgan fingerprint density at radius 2 is 2.27 bits per heavy atom. The lowest BCUT2D eigenvalue weighted by Gasteiger charge is -2.27. The van der Waals surface area contributed by atoms with Crippen molar-refractivity contribution in [2.45, 2.75) is 18.9 Å². The van der Waals surface area contributed by atoms with Gasteiger partial charge in [0.15, 0.2) is 0 Å². The maximum absolute atomic E-state index is 11.8. The Balaban J connectivity index is 1.51. The summed E-state index contributed by atoms with van der Waals surface area (Å²) in [6, 6.07) is 10.1. The maximum Gasteiger partial charge on any atom is 0.261 e. The van der Waals surface area contributed by atoms with Gasteiger partial charge in [-0.1, -0.05) is 11.6 Å². The second-order valence-corrected chi connectivity index (χ2v) is 8.23. The fourth-order valence-corrected chi connectivity index (χ4v) is 4.97. The topological polar surface area (TPSA) is 41.6 Å². The molecule has 3 heterocycles. The summed E-state index contributed by atoms with van der Waals surface area (Å²) in [6.07, 6.45) is 4.50. The molecular weight excluding hydrogens is 368 g/mol. The summed E-state index contributed by atoms with van der Waals surface area (Å²) in [6.45, 7) is 2.56. The molecule has 1 N–H and O–H groups in total. The van der Waals surface area contributed by atoms with E-state index >= 15 is 0 Å². The largest absolute Gasteiger partial charge is 0.489 e. The highest BCUT2D eigenvalue weighted by Gasteiger charge is 2.29. The van der Waals surface area contributed by atoms with Gasteiger partial charge in [0.25, 0.3) is 5.91 Å². The fourth-order valence-electron chi connectivity index (χ4n) is 3.66. The lowest BCUT2D eigenvalue weighted by Crippen LogP contribution is -2.27. The average molecular weight is 389 g/mol. The molecule has 4 rings (SSSR count). The summed E-state index contributed by atoms with van der Waals surface area (Å²) in [4.78, 5) is 16.4. The average Bonchev–Trinajstić information content (AvgIpc) is 3.29. The van der Waals surface area contributed by atoms with Crippen LogP contribution in [-0.4, -0.2) is 37.6 Å². The van der Waals surface area contributed by atoms with Crippen LogP contribution in [0, 0.1) is 0 Å². The number of rotatable bonds is 4. The predicted molar refractivity (Wildman–Crippen MR) is 106 cm³/mol. The zero-order valence-corrected chi connectivity index (χ0v) is 16.2. The zero-order chi connectivity index (χ0) is 18.1. The lowest BCUT2D eigenvalue weighted by molar-refractivity contribution is 0.0967. The molecule has 2 aliphatic rings. The number of carbonyl (C=O) groups is 1. The van der Waals surface area contributed by atoms with E-state index in [0.717, 1.165) is 40.7 Å². The van der Waals surface area contributed by atoms with Gasteiger partial charge < -0.3 is 10.1 Å². The number of hydrogen-bond acceptors (Lipinski definition) is 4. The second-order valence-electron chi connectivity index (χ2n) is 6.68. The Bertz CT molecular complexity index is 861. The Morgan fingerprint density at radius 1 is 1.38 bits per heavy atom. The molecule has 1 fully saturated rings. The van der Waals surface area contributed by atoms with E-state index in [0.29, 0.717) is 12.6 Å². The Kier molecular flexibility index (Phi) is 5.02. The van der Waals surface area contributed by atoms with Crippen molar-refractivity contribution in [2.75, 3.05) is 26.7 Å². The molecule has 1 aromatic carbocycles. The van der Waals surface area contributed by atoms with Crippen molar-refractivity contribution in [1.82, 2.24) is 10.2 Å². The highest BCUT2D eigenvalue weighted by Crippen LogP contribution is 2.37. The molecule has 0 aliphatic carbocycles. The zero-order valence-electron chi connectivity index (χ0n) is 14.6. The van der Waals surface area contributed by atoms with Gasteiger partial charge in [-0.25, -0.2) is 0 Å². The molecule has 136 valence electrons. The molecule has 0 unspecified atom stereocenters. The van der Waals surface area contributed by atoms with Gasteiger partial charge in [-0.15, -0.1) is 11.3 Å². The van der Waals surface area contributed by atoms with Gasteiger partial charge >= 0.3 is 0 Å². The first-order valence-corrected chi connectivity index (χ1v) is 10.0. The number of hydrogen-bond donors (Lipinski definition) is 1. The molecule has 0 radical (unpaired) electrons. The van der Waals surface area contributed by atoms with Crippen LogP contribution in [0.25, 0.3) is 6.08 Å². The molecule has 0 saturated carbocycles. The monoisotopic (exact) mass is 388 g/mol. The molecule has 2 aromatic rings. The van der Waals surface area contributed by atoms with E-state index in [9.17, 15) is 4.79 Å². The molecule has 1 atom stereocenters.